The van der Waals surface area contributed by atoms with Crippen LogP contribution in [-0.2, 0) is 16.0 Å². The van der Waals surface area contributed by atoms with Crippen molar-refractivity contribution in [1.82, 2.24) is 9.80 Å². The molecule has 0 saturated carbocycles. The van der Waals surface area contributed by atoms with Gasteiger partial charge in [0.2, 0.25) is 11.8 Å². The van der Waals surface area contributed by atoms with Crippen LogP contribution in [0.3, 0.4) is 0 Å². The summed E-state index contributed by atoms with van der Waals surface area (Å²) in [7, 11) is 0. The Labute approximate surface area is 125 Å². The minimum Gasteiger partial charge on any atom is -0.387 e. The maximum atomic E-state index is 12.2. The molecule has 1 heterocycles. The van der Waals surface area contributed by atoms with Gasteiger partial charge < -0.3 is 14.9 Å². The van der Waals surface area contributed by atoms with Gasteiger partial charge in [-0.25, -0.2) is 0 Å². The third kappa shape index (κ3) is 4.29. The van der Waals surface area contributed by atoms with E-state index in [4.69, 9.17) is 5.11 Å². The van der Waals surface area contributed by atoms with E-state index in [1.54, 1.807) is 9.80 Å². The average molecular weight is 290 g/mol. The number of aliphatic hydroxyl groups excluding tert-OH is 1. The van der Waals surface area contributed by atoms with Crippen LogP contribution in [0.2, 0.25) is 0 Å². The van der Waals surface area contributed by atoms with Gasteiger partial charge in [0, 0.05) is 32.6 Å². The lowest BCUT2D eigenvalue weighted by atomic mass is 10.1. The highest BCUT2D eigenvalue weighted by molar-refractivity contribution is 5.79. The largest absolute Gasteiger partial charge is 0.387 e. The van der Waals surface area contributed by atoms with Crippen LogP contribution < -0.4 is 0 Å². The molecule has 0 spiro atoms. The molecule has 0 unspecified atom stereocenters. The van der Waals surface area contributed by atoms with Gasteiger partial charge in [0.25, 0.3) is 0 Å². The van der Waals surface area contributed by atoms with Crippen molar-refractivity contribution in [2.24, 2.45) is 0 Å². The predicted molar refractivity (Wildman–Crippen MR) is 79.7 cm³/mol. The number of carbonyl (C=O) groups is 2. The fourth-order valence-corrected chi connectivity index (χ4v) is 2.58. The number of carbonyl (C=O) groups excluding carboxylic acids is 2. The Bertz CT molecular complexity index is 508. The molecule has 1 aliphatic rings. The maximum Gasteiger partial charge on any atom is 0.248 e. The normalized spacial score (nSPS) is 15.1. The van der Waals surface area contributed by atoms with Crippen LogP contribution in [0.1, 0.15) is 17.5 Å². The molecule has 0 radical (unpaired) electrons. The Morgan fingerprint density at radius 1 is 1.10 bits per heavy atom. The Morgan fingerprint density at radius 2 is 1.71 bits per heavy atom. The molecule has 0 bridgehead atoms. The number of rotatable bonds is 4. The van der Waals surface area contributed by atoms with Crippen LogP contribution in [0.5, 0.6) is 0 Å². The highest BCUT2D eigenvalue weighted by atomic mass is 16.3. The van der Waals surface area contributed by atoms with E-state index in [-0.39, 0.29) is 11.8 Å². The standard InChI is InChI=1S/C16H22N2O3/c1-13-3-2-4-14(11-13)5-6-15(20)17-7-9-18(10-8-17)16(21)12-19/h2-4,11,19H,5-10,12H2,1H3. The molecule has 114 valence electrons. The number of aryl methyl sites for hydroxylation is 2. The second kappa shape index (κ2) is 7.22. The SMILES string of the molecule is Cc1cccc(CCC(=O)N2CCN(C(=O)CO)CC2)c1. The number of hydrogen-bond donors (Lipinski definition) is 1. The van der Waals surface area contributed by atoms with Gasteiger partial charge in [0.15, 0.2) is 0 Å². The van der Waals surface area contributed by atoms with Crippen molar-refractivity contribution < 1.29 is 14.7 Å². The van der Waals surface area contributed by atoms with E-state index in [2.05, 4.69) is 6.07 Å². The summed E-state index contributed by atoms with van der Waals surface area (Å²) in [4.78, 5) is 26.9. The first-order valence-corrected chi connectivity index (χ1v) is 7.32. The number of benzene rings is 1. The minimum absolute atomic E-state index is 0.132. The van der Waals surface area contributed by atoms with Crippen LogP contribution in [-0.4, -0.2) is 59.5 Å². The molecule has 0 aliphatic carbocycles. The van der Waals surface area contributed by atoms with E-state index in [1.165, 1.54) is 11.1 Å². The van der Waals surface area contributed by atoms with Crippen molar-refractivity contribution in [1.29, 1.82) is 0 Å². The van der Waals surface area contributed by atoms with E-state index in [0.717, 1.165) is 6.42 Å². The summed E-state index contributed by atoms with van der Waals surface area (Å²) in [6, 6.07) is 8.19. The van der Waals surface area contributed by atoms with E-state index in [9.17, 15) is 9.59 Å². The summed E-state index contributed by atoms with van der Waals surface area (Å²) in [5.74, 6) is -0.130. The van der Waals surface area contributed by atoms with Crippen molar-refractivity contribution in [3.63, 3.8) is 0 Å². The maximum absolute atomic E-state index is 12.2. The highest BCUT2D eigenvalue weighted by Gasteiger charge is 2.23. The molecule has 2 rings (SSSR count). The molecule has 0 aromatic heterocycles. The van der Waals surface area contributed by atoms with Gasteiger partial charge >= 0.3 is 0 Å². The van der Waals surface area contributed by atoms with Gasteiger partial charge in [0.1, 0.15) is 6.61 Å². The molecule has 5 heteroatoms. The zero-order valence-electron chi connectivity index (χ0n) is 12.4. The molecule has 1 aliphatic heterocycles. The zero-order valence-corrected chi connectivity index (χ0v) is 12.4. The summed E-state index contributed by atoms with van der Waals surface area (Å²) in [6.45, 7) is 3.71. The van der Waals surface area contributed by atoms with Crippen molar-refractivity contribution in [3.05, 3.63) is 35.4 Å². The molecule has 1 fully saturated rings. The number of hydrogen-bond acceptors (Lipinski definition) is 3. The van der Waals surface area contributed by atoms with E-state index in [1.807, 2.05) is 25.1 Å². The zero-order chi connectivity index (χ0) is 15.2. The first-order chi connectivity index (χ1) is 10.1. The van der Waals surface area contributed by atoms with E-state index < -0.39 is 6.61 Å². The molecular weight excluding hydrogens is 268 g/mol. The van der Waals surface area contributed by atoms with Gasteiger partial charge in [-0.1, -0.05) is 29.8 Å². The smallest absolute Gasteiger partial charge is 0.248 e. The average Bonchev–Trinajstić information content (AvgIpc) is 2.52. The van der Waals surface area contributed by atoms with Crippen LogP contribution in [0.15, 0.2) is 24.3 Å². The van der Waals surface area contributed by atoms with Gasteiger partial charge in [-0.15, -0.1) is 0 Å². The van der Waals surface area contributed by atoms with Gasteiger partial charge in [0.05, 0.1) is 0 Å². The lowest BCUT2D eigenvalue weighted by molar-refractivity contribution is -0.141. The molecule has 1 aromatic rings. The molecule has 1 N–H and O–H groups in total. The molecule has 21 heavy (non-hydrogen) atoms. The molecule has 2 amide bonds. The number of piperazine rings is 1. The van der Waals surface area contributed by atoms with Crippen molar-refractivity contribution in [2.45, 2.75) is 19.8 Å². The summed E-state index contributed by atoms with van der Waals surface area (Å²) < 4.78 is 0. The summed E-state index contributed by atoms with van der Waals surface area (Å²) >= 11 is 0. The predicted octanol–water partition coefficient (Wildman–Crippen LogP) is 0.591. The summed E-state index contributed by atoms with van der Waals surface area (Å²) in [5, 5.41) is 8.82. The van der Waals surface area contributed by atoms with Gasteiger partial charge in [-0.3, -0.25) is 9.59 Å². The van der Waals surface area contributed by atoms with Crippen LogP contribution in [0, 0.1) is 6.92 Å². The first kappa shape index (κ1) is 15.5. The Kier molecular flexibility index (Phi) is 5.33. The molecule has 5 nitrogen and oxygen atoms in total. The molecule has 1 saturated heterocycles. The monoisotopic (exact) mass is 290 g/mol. The van der Waals surface area contributed by atoms with Crippen LogP contribution >= 0.6 is 0 Å². The molecule has 1 aromatic carbocycles. The van der Waals surface area contributed by atoms with Crippen molar-refractivity contribution in [2.75, 3.05) is 32.8 Å². The minimum atomic E-state index is -0.457. The third-order valence-corrected chi connectivity index (χ3v) is 3.83. The van der Waals surface area contributed by atoms with E-state index >= 15 is 0 Å². The van der Waals surface area contributed by atoms with Crippen LogP contribution in [0.4, 0.5) is 0 Å². The van der Waals surface area contributed by atoms with Gasteiger partial charge in [-0.2, -0.15) is 0 Å². The highest BCUT2D eigenvalue weighted by Crippen LogP contribution is 2.09. The van der Waals surface area contributed by atoms with Crippen molar-refractivity contribution >= 4 is 11.8 Å². The van der Waals surface area contributed by atoms with Crippen molar-refractivity contribution in [3.8, 4) is 0 Å². The number of amides is 2. The summed E-state index contributed by atoms with van der Waals surface area (Å²) in [5.41, 5.74) is 2.38. The first-order valence-electron chi connectivity index (χ1n) is 7.32. The topological polar surface area (TPSA) is 60.9 Å². The van der Waals surface area contributed by atoms with Gasteiger partial charge in [-0.05, 0) is 18.9 Å². The Hall–Kier alpha value is -1.88. The Balaban J connectivity index is 1.78. The number of aliphatic hydroxyl groups is 1. The fraction of sp³-hybridized carbons (Fsp3) is 0.500. The second-order valence-electron chi connectivity index (χ2n) is 5.41. The molecule has 0 atom stereocenters. The lowest BCUT2D eigenvalue weighted by Gasteiger charge is -2.34. The number of nitrogens with zero attached hydrogens (tertiary/aromatic N) is 2. The summed E-state index contributed by atoms with van der Waals surface area (Å²) in [6.07, 6.45) is 1.24. The second-order valence-corrected chi connectivity index (χ2v) is 5.41. The molecular formula is C16H22N2O3. The van der Waals surface area contributed by atoms with Crippen LogP contribution in [0.25, 0.3) is 0 Å². The van der Waals surface area contributed by atoms with E-state index in [0.29, 0.717) is 32.6 Å². The Morgan fingerprint density at radius 3 is 2.29 bits per heavy atom. The quantitative estimate of drug-likeness (QED) is 0.883. The fourth-order valence-electron chi connectivity index (χ4n) is 2.58. The lowest BCUT2D eigenvalue weighted by Crippen LogP contribution is -2.51. The third-order valence-electron chi connectivity index (χ3n) is 3.83.